The number of hydrogen-bond acceptors (Lipinski definition) is 3. The van der Waals surface area contributed by atoms with Gasteiger partial charge in [-0.25, -0.2) is 4.98 Å². The molecule has 2 rings (SSSR count). The Morgan fingerprint density at radius 1 is 1.28 bits per heavy atom. The van der Waals surface area contributed by atoms with Crippen LogP contribution in [0.4, 0.5) is 0 Å². The first-order chi connectivity index (χ1) is 8.66. The second-order valence-corrected chi connectivity index (χ2v) is 4.48. The van der Waals surface area contributed by atoms with Gasteiger partial charge in [0.1, 0.15) is 11.6 Å². The van der Waals surface area contributed by atoms with E-state index in [1.807, 2.05) is 24.3 Å². The highest BCUT2D eigenvalue weighted by Crippen LogP contribution is 2.17. The van der Waals surface area contributed by atoms with Crippen LogP contribution in [0.1, 0.15) is 11.1 Å². The molecular weight excluding hydrogens is 268 g/mol. The summed E-state index contributed by atoms with van der Waals surface area (Å²) >= 11 is 10.9. The van der Waals surface area contributed by atoms with Gasteiger partial charge in [-0.3, -0.25) is 0 Å². The molecule has 0 bridgehead atoms. The minimum Gasteiger partial charge on any atom is -0.473 e. The van der Waals surface area contributed by atoms with Crippen molar-refractivity contribution < 1.29 is 4.74 Å². The normalized spacial score (nSPS) is 10.1. The van der Waals surface area contributed by atoms with Crippen LogP contribution in [0.25, 0.3) is 0 Å². The molecule has 0 fully saturated rings. The van der Waals surface area contributed by atoms with Crippen molar-refractivity contribution >= 4 is 28.8 Å². The molecule has 0 radical (unpaired) electrons. The minimum atomic E-state index is 0.320. The zero-order valence-corrected chi connectivity index (χ0v) is 11.0. The van der Waals surface area contributed by atoms with E-state index in [-0.39, 0.29) is 0 Å². The summed E-state index contributed by atoms with van der Waals surface area (Å²) in [7, 11) is 0. The Kier molecular flexibility index (Phi) is 4.12. The summed E-state index contributed by atoms with van der Waals surface area (Å²) in [6.07, 6.45) is 1.59. The molecule has 0 saturated carbocycles. The lowest BCUT2D eigenvalue weighted by molar-refractivity contribution is 0.294. The molecule has 0 saturated heterocycles. The monoisotopic (exact) mass is 278 g/mol. The molecule has 0 aliphatic carbocycles. The maximum Gasteiger partial charge on any atom is 0.213 e. The molecule has 0 unspecified atom stereocenters. The molecular formula is C13H11ClN2OS. The van der Waals surface area contributed by atoms with Crippen molar-refractivity contribution in [1.82, 2.24) is 4.98 Å². The Bertz CT molecular complexity index is 557. The van der Waals surface area contributed by atoms with Crippen molar-refractivity contribution in [2.45, 2.75) is 6.61 Å². The smallest absolute Gasteiger partial charge is 0.213 e. The van der Waals surface area contributed by atoms with E-state index in [4.69, 9.17) is 34.3 Å². The zero-order chi connectivity index (χ0) is 13.0. The Hall–Kier alpha value is -1.65. The summed E-state index contributed by atoms with van der Waals surface area (Å²) in [4.78, 5) is 4.43. The fourth-order valence-corrected chi connectivity index (χ4v) is 1.69. The van der Waals surface area contributed by atoms with Gasteiger partial charge in [-0.1, -0.05) is 42.0 Å². The molecule has 2 N–H and O–H groups in total. The van der Waals surface area contributed by atoms with Crippen LogP contribution in [0, 0.1) is 0 Å². The predicted octanol–water partition coefficient (Wildman–Crippen LogP) is 2.95. The summed E-state index contributed by atoms with van der Waals surface area (Å²) < 4.78 is 5.53. The fourth-order valence-electron chi connectivity index (χ4n) is 1.38. The van der Waals surface area contributed by atoms with Crippen LogP contribution in [-0.4, -0.2) is 9.97 Å². The average Bonchev–Trinajstić information content (AvgIpc) is 2.38. The molecule has 3 nitrogen and oxygen atoms in total. The minimum absolute atomic E-state index is 0.320. The van der Waals surface area contributed by atoms with Crippen molar-refractivity contribution in [3.05, 3.63) is 58.7 Å². The molecule has 1 aromatic heterocycles. The quantitative estimate of drug-likeness (QED) is 0.874. The molecule has 0 aliphatic heterocycles. The predicted molar refractivity (Wildman–Crippen MR) is 75.9 cm³/mol. The van der Waals surface area contributed by atoms with E-state index in [2.05, 4.69) is 4.98 Å². The maximum absolute atomic E-state index is 6.02. The van der Waals surface area contributed by atoms with Gasteiger partial charge in [0.05, 0.1) is 0 Å². The summed E-state index contributed by atoms with van der Waals surface area (Å²) in [5, 5.41) is 0.678. The Morgan fingerprint density at radius 2 is 2.06 bits per heavy atom. The number of ether oxygens (including phenoxy) is 1. The topological polar surface area (TPSA) is 48.1 Å². The van der Waals surface area contributed by atoms with E-state index in [0.29, 0.717) is 22.5 Å². The molecule has 0 aliphatic rings. The van der Waals surface area contributed by atoms with Crippen molar-refractivity contribution in [3.8, 4) is 5.88 Å². The number of pyridine rings is 1. The van der Waals surface area contributed by atoms with E-state index < -0.39 is 0 Å². The van der Waals surface area contributed by atoms with Gasteiger partial charge in [0, 0.05) is 28.4 Å². The third-order valence-electron chi connectivity index (χ3n) is 2.35. The third kappa shape index (κ3) is 3.18. The molecule has 1 aromatic carbocycles. The van der Waals surface area contributed by atoms with Crippen LogP contribution >= 0.6 is 23.8 Å². The second kappa shape index (κ2) is 5.80. The Balaban J connectivity index is 2.02. The molecule has 92 valence electrons. The van der Waals surface area contributed by atoms with Crippen LogP contribution in [0.2, 0.25) is 5.02 Å². The highest BCUT2D eigenvalue weighted by Gasteiger charge is 2.02. The summed E-state index contributed by atoms with van der Waals surface area (Å²) in [5.41, 5.74) is 7.12. The first kappa shape index (κ1) is 12.8. The first-order valence-corrected chi connectivity index (χ1v) is 6.07. The summed E-state index contributed by atoms with van der Waals surface area (Å²) in [6, 6.07) is 11.0. The number of nitrogens with zero attached hydrogens (tertiary/aromatic N) is 1. The van der Waals surface area contributed by atoms with Gasteiger partial charge in [0.25, 0.3) is 0 Å². The Morgan fingerprint density at radius 3 is 2.67 bits per heavy atom. The van der Waals surface area contributed by atoms with E-state index in [1.165, 1.54) is 0 Å². The SMILES string of the molecule is NC(=S)c1ccc(OCc2ccccc2Cl)nc1. The molecule has 0 amide bonds. The highest BCUT2D eigenvalue weighted by atomic mass is 35.5. The molecule has 0 spiro atoms. The van der Waals surface area contributed by atoms with Gasteiger partial charge >= 0.3 is 0 Å². The van der Waals surface area contributed by atoms with Crippen LogP contribution in [0.5, 0.6) is 5.88 Å². The lowest BCUT2D eigenvalue weighted by atomic mass is 10.2. The third-order valence-corrected chi connectivity index (χ3v) is 2.96. The van der Waals surface area contributed by atoms with Gasteiger partial charge in [-0.05, 0) is 12.1 Å². The number of hydrogen-bond donors (Lipinski definition) is 1. The lowest BCUT2D eigenvalue weighted by Gasteiger charge is -2.07. The van der Waals surface area contributed by atoms with Crippen molar-refractivity contribution in [2.75, 3.05) is 0 Å². The number of thiocarbonyl (C=S) groups is 1. The first-order valence-electron chi connectivity index (χ1n) is 5.29. The molecule has 18 heavy (non-hydrogen) atoms. The summed E-state index contributed by atoms with van der Waals surface area (Å²) in [5.74, 6) is 0.509. The molecule has 1 heterocycles. The number of benzene rings is 1. The van der Waals surface area contributed by atoms with E-state index >= 15 is 0 Å². The molecule has 0 atom stereocenters. The number of aromatic nitrogens is 1. The highest BCUT2D eigenvalue weighted by molar-refractivity contribution is 7.80. The van der Waals surface area contributed by atoms with Crippen molar-refractivity contribution in [1.29, 1.82) is 0 Å². The van der Waals surface area contributed by atoms with Gasteiger partial charge < -0.3 is 10.5 Å². The van der Waals surface area contributed by atoms with Gasteiger partial charge in [0.15, 0.2) is 0 Å². The van der Waals surface area contributed by atoms with Crippen LogP contribution in [-0.2, 0) is 6.61 Å². The largest absolute Gasteiger partial charge is 0.473 e. The fraction of sp³-hybridized carbons (Fsp3) is 0.0769. The van der Waals surface area contributed by atoms with Crippen molar-refractivity contribution in [3.63, 3.8) is 0 Å². The van der Waals surface area contributed by atoms with E-state index in [9.17, 15) is 0 Å². The average molecular weight is 279 g/mol. The molecule has 5 heteroatoms. The number of nitrogens with two attached hydrogens (primary N) is 1. The van der Waals surface area contributed by atoms with Gasteiger partial charge in [0.2, 0.25) is 5.88 Å². The molecule has 2 aromatic rings. The van der Waals surface area contributed by atoms with Gasteiger partial charge in [-0.2, -0.15) is 0 Å². The van der Waals surface area contributed by atoms with Gasteiger partial charge in [-0.15, -0.1) is 0 Å². The maximum atomic E-state index is 6.02. The lowest BCUT2D eigenvalue weighted by Crippen LogP contribution is -2.09. The van der Waals surface area contributed by atoms with E-state index in [1.54, 1.807) is 18.3 Å². The standard InChI is InChI=1S/C13H11ClN2OS/c14-11-4-2-1-3-10(11)8-17-12-6-5-9(7-16-12)13(15)18/h1-7H,8H2,(H2,15,18). The van der Waals surface area contributed by atoms with E-state index in [0.717, 1.165) is 11.1 Å². The van der Waals surface area contributed by atoms with Crippen LogP contribution in [0.3, 0.4) is 0 Å². The van der Waals surface area contributed by atoms with Crippen molar-refractivity contribution in [2.24, 2.45) is 5.73 Å². The number of halogens is 1. The second-order valence-electron chi connectivity index (χ2n) is 3.63. The van der Waals surface area contributed by atoms with Crippen LogP contribution < -0.4 is 10.5 Å². The summed E-state index contributed by atoms with van der Waals surface area (Å²) in [6.45, 7) is 0.374. The zero-order valence-electron chi connectivity index (χ0n) is 9.47. The number of rotatable bonds is 4. The Labute approximate surface area is 116 Å². The van der Waals surface area contributed by atoms with Crippen LogP contribution in [0.15, 0.2) is 42.6 Å².